The van der Waals surface area contributed by atoms with Crippen LogP contribution in [-0.2, 0) is 14.3 Å². The van der Waals surface area contributed by atoms with E-state index in [0.29, 0.717) is 24.7 Å². The van der Waals surface area contributed by atoms with Gasteiger partial charge < -0.3 is 9.15 Å². The molecular weight excluding hydrogens is 454 g/mol. The lowest BCUT2D eigenvalue weighted by Gasteiger charge is -2.33. The van der Waals surface area contributed by atoms with Gasteiger partial charge in [-0.05, 0) is 44.0 Å². The molecule has 7 heteroatoms. The van der Waals surface area contributed by atoms with Gasteiger partial charge in [0.25, 0.3) is 5.91 Å². The fraction of sp³-hybridized carbons (Fsp3) is 0.276. The molecule has 6 rings (SSSR count). The molecule has 3 aromatic carbocycles. The third kappa shape index (κ3) is 3.95. The highest BCUT2D eigenvalue weighted by atomic mass is 16.5. The third-order valence-electron chi connectivity index (χ3n) is 7.05. The summed E-state index contributed by atoms with van der Waals surface area (Å²) in [4.78, 5) is 34.5. The Kier molecular flexibility index (Phi) is 5.77. The van der Waals surface area contributed by atoms with E-state index in [1.165, 1.54) is 0 Å². The molecule has 7 nitrogen and oxygen atoms in total. The SMILES string of the molecule is CCOC(=O)C1CCN(CN2C(=O)C(=Nc3ccc4c(c3)oc3ccccc34)c3ccccc32)CC1. The normalized spacial score (nSPS) is 17.9. The summed E-state index contributed by atoms with van der Waals surface area (Å²) in [6.45, 7) is 4.18. The minimum atomic E-state index is -0.117. The van der Waals surface area contributed by atoms with E-state index in [1.807, 2.05) is 73.7 Å². The largest absolute Gasteiger partial charge is 0.466 e. The third-order valence-corrected chi connectivity index (χ3v) is 7.05. The van der Waals surface area contributed by atoms with E-state index in [2.05, 4.69) is 4.90 Å². The van der Waals surface area contributed by atoms with Gasteiger partial charge in [-0.1, -0.05) is 36.4 Å². The van der Waals surface area contributed by atoms with E-state index in [9.17, 15) is 9.59 Å². The molecule has 2 aliphatic rings. The Hall–Kier alpha value is -3.97. The molecule has 1 fully saturated rings. The van der Waals surface area contributed by atoms with Gasteiger partial charge in [0.15, 0.2) is 0 Å². The van der Waals surface area contributed by atoms with Gasteiger partial charge in [-0.25, -0.2) is 4.99 Å². The summed E-state index contributed by atoms with van der Waals surface area (Å²) in [5.41, 5.74) is 4.38. The maximum atomic E-state index is 13.6. The molecule has 0 N–H and O–H groups in total. The molecular formula is C29H27N3O4. The fourth-order valence-corrected chi connectivity index (χ4v) is 5.19. The Labute approximate surface area is 209 Å². The summed E-state index contributed by atoms with van der Waals surface area (Å²) < 4.78 is 11.2. The van der Waals surface area contributed by atoms with Crippen molar-refractivity contribution in [3.8, 4) is 0 Å². The van der Waals surface area contributed by atoms with Crippen molar-refractivity contribution >= 4 is 50.9 Å². The minimum absolute atomic E-state index is 0.0620. The lowest BCUT2D eigenvalue weighted by atomic mass is 9.97. The van der Waals surface area contributed by atoms with Gasteiger partial charge in [0.05, 0.1) is 30.6 Å². The number of likely N-dealkylation sites (tertiary alicyclic amines) is 1. The molecule has 0 spiro atoms. The van der Waals surface area contributed by atoms with E-state index in [-0.39, 0.29) is 17.8 Å². The van der Waals surface area contributed by atoms with Crippen LogP contribution in [0, 0.1) is 5.92 Å². The number of hydrogen-bond acceptors (Lipinski definition) is 6. The number of esters is 1. The lowest BCUT2D eigenvalue weighted by molar-refractivity contribution is -0.149. The lowest BCUT2D eigenvalue weighted by Crippen LogP contribution is -2.45. The van der Waals surface area contributed by atoms with Crippen LogP contribution in [-0.4, -0.2) is 48.9 Å². The average Bonchev–Trinajstić information content (AvgIpc) is 3.40. The Morgan fingerprint density at radius 2 is 1.75 bits per heavy atom. The van der Waals surface area contributed by atoms with Crippen LogP contribution in [0.2, 0.25) is 0 Å². The van der Waals surface area contributed by atoms with Crippen LogP contribution >= 0.6 is 0 Å². The Balaban J connectivity index is 1.25. The molecule has 3 heterocycles. The molecule has 1 amide bonds. The number of carbonyl (C=O) groups is 2. The second-order valence-electron chi connectivity index (χ2n) is 9.28. The fourth-order valence-electron chi connectivity index (χ4n) is 5.19. The second kappa shape index (κ2) is 9.24. The van der Waals surface area contributed by atoms with Gasteiger partial charge >= 0.3 is 5.97 Å². The number of para-hydroxylation sites is 2. The number of aliphatic imine (C=N–C) groups is 1. The van der Waals surface area contributed by atoms with Crippen molar-refractivity contribution in [1.82, 2.24) is 4.90 Å². The van der Waals surface area contributed by atoms with Gasteiger partial charge in [0.2, 0.25) is 0 Å². The predicted octanol–water partition coefficient (Wildman–Crippen LogP) is 5.29. The number of anilines is 1. The van der Waals surface area contributed by atoms with E-state index in [4.69, 9.17) is 14.1 Å². The Morgan fingerprint density at radius 3 is 2.58 bits per heavy atom. The number of nitrogens with zero attached hydrogens (tertiary/aromatic N) is 3. The van der Waals surface area contributed by atoms with E-state index < -0.39 is 0 Å². The molecule has 0 unspecified atom stereocenters. The topological polar surface area (TPSA) is 75.3 Å². The first-order valence-electron chi connectivity index (χ1n) is 12.4. The Bertz CT molecular complexity index is 1500. The highest BCUT2D eigenvalue weighted by molar-refractivity contribution is 6.54. The van der Waals surface area contributed by atoms with Crippen LogP contribution in [0.15, 0.2) is 76.1 Å². The molecule has 0 bridgehead atoms. The maximum Gasteiger partial charge on any atom is 0.309 e. The number of carbonyl (C=O) groups excluding carboxylic acids is 2. The van der Waals surface area contributed by atoms with Gasteiger partial charge in [0.1, 0.15) is 16.9 Å². The van der Waals surface area contributed by atoms with Crippen molar-refractivity contribution in [3.63, 3.8) is 0 Å². The van der Waals surface area contributed by atoms with Crippen molar-refractivity contribution < 1.29 is 18.7 Å². The van der Waals surface area contributed by atoms with Gasteiger partial charge in [-0.2, -0.15) is 0 Å². The Morgan fingerprint density at radius 1 is 1.00 bits per heavy atom. The van der Waals surface area contributed by atoms with Gasteiger partial charge in [-0.15, -0.1) is 0 Å². The van der Waals surface area contributed by atoms with Crippen molar-refractivity contribution in [1.29, 1.82) is 0 Å². The summed E-state index contributed by atoms with van der Waals surface area (Å²) in [7, 11) is 0. The van der Waals surface area contributed by atoms with E-state index in [1.54, 1.807) is 4.90 Å². The summed E-state index contributed by atoms with van der Waals surface area (Å²) in [5.74, 6) is -0.294. The van der Waals surface area contributed by atoms with Crippen LogP contribution < -0.4 is 4.90 Å². The van der Waals surface area contributed by atoms with Crippen molar-refractivity contribution in [2.24, 2.45) is 10.9 Å². The molecule has 1 aromatic heterocycles. The van der Waals surface area contributed by atoms with Crippen LogP contribution in [0.25, 0.3) is 21.9 Å². The molecule has 2 aliphatic heterocycles. The first-order valence-corrected chi connectivity index (χ1v) is 12.4. The van der Waals surface area contributed by atoms with Gasteiger partial charge in [-0.3, -0.25) is 19.4 Å². The molecule has 0 atom stereocenters. The molecule has 1 saturated heterocycles. The number of benzene rings is 3. The smallest absolute Gasteiger partial charge is 0.309 e. The van der Waals surface area contributed by atoms with Crippen molar-refractivity contribution in [3.05, 3.63) is 72.3 Å². The zero-order chi connectivity index (χ0) is 24.6. The minimum Gasteiger partial charge on any atom is -0.466 e. The summed E-state index contributed by atoms with van der Waals surface area (Å²) in [5, 5.41) is 2.09. The van der Waals surface area contributed by atoms with E-state index in [0.717, 1.165) is 59.1 Å². The van der Waals surface area contributed by atoms with Crippen LogP contribution in [0.5, 0.6) is 0 Å². The number of furan rings is 1. The van der Waals surface area contributed by atoms with Crippen molar-refractivity contribution in [2.45, 2.75) is 19.8 Å². The first-order chi connectivity index (χ1) is 17.6. The highest BCUT2D eigenvalue weighted by Crippen LogP contribution is 2.34. The molecule has 4 aromatic rings. The highest BCUT2D eigenvalue weighted by Gasteiger charge is 2.36. The first kappa shape index (κ1) is 22.5. The molecule has 0 aliphatic carbocycles. The number of piperidine rings is 1. The van der Waals surface area contributed by atoms with E-state index >= 15 is 0 Å². The number of hydrogen-bond donors (Lipinski definition) is 0. The molecule has 0 saturated carbocycles. The van der Waals surface area contributed by atoms with Crippen LogP contribution in [0.1, 0.15) is 25.3 Å². The van der Waals surface area contributed by atoms with Gasteiger partial charge in [0, 0.05) is 35.5 Å². The van der Waals surface area contributed by atoms with Crippen molar-refractivity contribution in [2.75, 3.05) is 31.3 Å². The maximum absolute atomic E-state index is 13.6. The average molecular weight is 482 g/mol. The zero-order valence-corrected chi connectivity index (χ0v) is 20.1. The summed E-state index contributed by atoms with van der Waals surface area (Å²) in [6, 6.07) is 21.5. The molecule has 36 heavy (non-hydrogen) atoms. The number of rotatable bonds is 5. The van der Waals surface area contributed by atoms with Crippen LogP contribution in [0.4, 0.5) is 11.4 Å². The second-order valence-corrected chi connectivity index (χ2v) is 9.28. The zero-order valence-electron chi connectivity index (χ0n) is 20.1. The number of ether oxygens (including phenoxy) is 1. The predicted molar refractivity (Wildman–Crippen MR) is 140 cm³/mol. The molecule has 0 radical (unpaired) electrons. The summed E-state index contributed by atoms with van der Waals surface area (Å²) >= 11 is 0. The monoisotopic (exact) mass is 481 g/mol. The molecule has 182 valence electrons. The standard InChI is InChI=1S/C29H27N3O4/c1-2-35-29(34)19-13-15-31(16-14-19)18-32-24-9-5-3-8-23(24)27(28(32)33)30-20-11-12-22-21-7-4-6-10-25(21)36-26(22)17-20/h3-12,17,19H,2,13-16,18H2,1H3. The summed E-state index contributed by atoms with van der Waals surface area (Å²) in [6.07, 6.45) is 1.47. The van der Waals surface area contributed by atoms with Crippen LogP contribution in [0.3, 0.4) is 0 Å². The number of amides is 1. The number of fused-ring (bicyclic) bond motifs is 4. The quantitative estimate of drug-likeness (QED) is 0.362.